The van der Waals surface area contributed by atoms with Crippen molar-refractivity contribution in [2.75, 3.05) is 0 Å². The van der Waals surface area contributed by atoms with Gasteiger partial charge in [-0.3, -0.25) is 0 Å². The summed E-state index contributed by atoms with van der Waals surface area (Å²) in [6.45, 7) is 1.84. The van der Waals surface area contributed by atoms with Crippen LogP contribution in [0.2, 0.25) is 0 Å². The minimum Gasteiger partial charge on any atom is -0.318 e. The summed E-state index contributed by atoms with van der Waals surface area (Å²) in [5.74, 6) is -0.00945. The minimum atomic E-state index is -0.237. The molecule has 3 nitrogen and oxygen atoms in total. The first-order valence-corrected chi connectivity index (χ1v) is 7.11. The quantitative estimate of drug-likeness (QED) is 0.485. The van der Waals surface area contributed by atoms with Gasteiger partial charge in [0.1, 0.15) is 0 Å². The summed E-state index contributed by atoms with van der Waals surface area (Å²) in [6, 6.07) is 19.8. The van der Waals surface area contributed by atoms with Crippen LogP contribution in [0.25, 0.3) is 0 Å². The standard InChI is InChI=1S/C18H17NO2/c1-13(14-8-4-2-5-9-14)19-21-18(20)17-12-16(17)15-10-6-3-7-11-15/h2-11,16-17H,12H2,1H3/b19-13+/t16-,17+/m1/s1. The first kappa shape index (κ1) is 13.6. The molecular weight excluding hydrogens is 262 g/mol. The van der Waals surface area contributed by atoms with Crippen molar-refractivity contribution in [2.45, 2.75) is 19.3 Å². The average Bonchev–Trinajstić information content (AvgIpc) is 3.35. The molecule has 0 radical (unpaired) electrons. The van der Waals surface area contributed by atoms with Crippen molar-refractivity contribution in [3.63, 3.8) is 0 Å². The van der Waals surface area contributed by atoms with E-state index < -0.39 is 0 Å². The number of nitrogens with zero attached hydrogens (tertiary/aromatic N) is 1. The van der Waals surface area contributed by atoms with Gasteiger partial charge in [-0.2, -0.15) is 0 Å². The Morgan fingerprint density at radius 3 is 2.33 bits per heavy atom. The number of hydrogen-bond acceptors (Lipinski definition) is 3. The maximum Gasteiger partial charge on any atom is 0.338 e. The van der Waals surface area contributed by atoms with Gasteiger partial charge in [0.25, 0.3) is 0 Å². The lowest BCUT2D eigenvalue weighted by Crippen LogP contribution is -2.06. The fourth-order valence-electron chi connectivity index (χ4n) is 2.44. The smallest absolute Gasteiger partial charge is 0.318 e. The Balaban J connectivity index is 1.59. The Labute approximate surface area is 124 Å². The van der Waals surface area contributed by atoms with Crippen LogP contribution >= 0.6 is 0 Å². The molecule has 0 aromatic heterocycles. The summed E-state index contributed by atoms with van der Waals surface area (Å²) >= 11 is 0. The second kappa shape index (κ2) is 5.92. The van der Waals surface area contributed by atoms with Crippen molar-refractivity contribution >= 4 is 11.7 Å². The van der Waals surface area contributed by atoms with E-state index in [4.69, 9.17) is 4.84 Å². The lowest BCUT2D eigenvalue weighted by atomic mass is 10.1. The number of benzene rings is 2. The third-order valence-electron chi connectivity index (χ3n) is 3.79. The van der Waals surface area contributed by atoms with Crippen LogP contribution in [0.5, 0.6) is 0 Å². The van der Waals surface area contributed by atoms with Crippen LogP contribution in [0.15, 0.2) is 65.8 Å². The molecule has 3 heteroatoms. The minimum absolute atomic E-state index is 0.0558. The Hall–Kier alpha value is -2.42. The molecular formula is C18H17NO2. The van der Waals surface area contributed by atoms with E-state index in [1.165, 1.54) is 5.56 Å². The molecule has 0 aliphatic heterocycles. The summed E-state index contributed by atoms with van der Waals surface area (Å²) in [5, 5.41) is 3.95. The molecule has 2 aromatic rings. The molecule has 2 aromatic carbocycles. The molecule has 1 aliphatic carbocycles. The molecule has 0 spiro atoms. The lowest BCUT2D eigenvalue weighted by Gasteiger charge is -2.01. The summed E-state index contributed by atoms with van der Waals surface area (Å²) < 4.78 is 0. The van der Waals surface area contributed by atoms with Gasteiger partial charge in [0.2, 0.25) is 0 Å². The summed E-state index contributed by atoms with van der Waals surface area (Å²) in [4.78, 5) is 17.1. The van der Waals surface area contributed by atoms with Gasteiger partial charge in [-0.05, 0) is 30.4 Å². The van der Waals surface area contributed by atoms with Crippen LogP contribution in [0.4, 0.5) is 0 Å². The molecule has 0 unspecified atom stereocenters. The van der Waals surface area contributed by atoms with Crippen LogP contribution in [0.3, 0.4) is 0 Å². The zero-order chi connectivity index (χ0) is 14.7. The number of hydrogen-bond donors (Lipinski definition) is 0. The first-order valence-electron chi connectivity index (χ1n) is 7.11. The largest absolute Gasteiger partial charge is 0.338 e. The van der Waals surface area contributed by atoms with Crippen molar-refractivity contribution in [3.05, 3.63) is 71.8 Å². The molecule has 0 saturated heterocycles. The molecule has 0 N–H and O–H groups in total. The van der Waals surface area contributed by atoms with Crippen LogP contribution < -0.4 is 0 Å². The van der Waals surface area contributed by atoms with E-state index in [1.54, 1.807) is 0 Å². The Bertz CT molecular complexity index is 649. The maximum absolute atomic E-state index is 12.0. The zero-order valence-corrected chi connectivity index (χ0v) is 11.9. The predicted octanol–water partition coefficient (Wildman–Crippen LogP) is 3.76. The van der Waals surface area contributed by atoms with Gasteiger partial charge in [0.15, 0.2) is 0 Å². The summed E-state index contributed by atoms with van der Waals surface area (Å²) in [6.07, 6.45) is 0.850. The molecule has 0 bridgehead atoms. The monoisotopic (exact) mass is 279 g/mol. The van der Waals surface area contributed by atoms with Gasteiger partial charge in [-0.1, -0.05) is 65.8 Å². The van der Waals surface area contributed by atoms with Crippen LogP contribution in [0, 0.1) is 5.92 Å². The SMILES string of the molecule is C/C(=N\OC(=O)[C@H]1C[C@@H]1c1ccccc1)c1ccccc1. The van der Waals surface area contributed by atoms with Gasteiger partial charge in [-0.15, -0.1) is 0 Å². The maximum atomic E-state index is 12.0. The van der Waals surface area contributed by atoms with E-state index >= 15 is 0 Å². The Morgan fingerprint density at radius 2 is 1.67 bits per heavy atom. The second-order valence-electron chi connectivity index (χ2n) is 5.31. The van der Waals surface area contributed by atoms with Crippen LogP contribution in [-0.4, -0.2) is 11.7 Å². The molecule has 106 valence electrons. The van der Waals surface area contributed by atoms with Crippen LogP contribution in [0.1, 0.15) is 30.4 Å². The molecule has 21 heavy (non-hydrogen) atoms. The fraction of sp³-hybridized carbons (Fsp3) is 0.222. The van der Waals surface area contributed by atoms with E-state index in [0.717, 1.165) is 12.0 Å². The highest BCUT2D eigenvalue weighted by Gasteiger charge is 2.45. The molecule has 1 saturated carbocycles. The van der Waals surface area contributed by atoms with Gasteiger partial charge in [-0.25, -0.2) is 4.79 Å². The zero-order valence-electron chi connectivity index (χ0n) is 11.9. The first-order chi connectivity index (χ1) is 10.3. The second-order valence-corrected chi connectivity index (χ2v) is 5.31. The van der Waals surface area contributed by atoms with Crippen molar-refractivity contribution in [3.8, 4) is 0 Å². The third-order valence-corrected chi connectivity index (χ3v) is 3.79. The van der Waals surface area contributed by atoms with E-state index in [1.807, 2.05) is 55.5 Å². The number of carbonyl (C=O) groups is 1. The van der Waals surface area contributed by atoms with Crippen molar-refractivity contribution < 1.29 is 9.63 Å². The number of oxime groups is 1. The molecule has 0 heterocycles. The average molecular weight is 279 g/mol. The van der Waals surface area contributed by atoms with E-state index in [0.29, 0.717) is 5.71 Å². The van der Waals surface area contributed by atoms with E-state index in [-0.39, 0.29) is 17.8 Å². The molecule has 0 amide bonds. The Morgan fingerprint density at radius 1 is 1.05 bits per heavy atom. The Kier molecular flexibility index (Phi) is 3.82. The highest BCUT2D eigenvalue weighted by atomic mass is 16.7. The summed E-state index contributed by atoms with van der Waals surface area (Å²) in [7, 11) is 0. The highest BCUT2D eigenvalue weighted by Crippen LogP contribution is 2.48. The lowest BCUT2D eigenvalue weighted by molar-refractivity contribution is -0.145. The highest BCUT2D eigenvalue weighted by molar-refractivity contribution is 5.98. The van der Waals surface area contributed by atoms with Crippen molar-refractivity contribution in [1.29, 1.82) is 0 Å². The number of rotatable bonds is 4. The van der Waals surface area contributed by atoms with Gasteiger partial charge in [0.05, 0.1) is 11.6 Å². The van der Waals surface area contributed by atoms with Gasteiger partial charge < -0.3 is 4.84 Å². The number of carbonyl (C=O) groups excluding carboxylic acids is 1. The molecule has 2 atom stereocenters. The predicted molar refractivity (Wildman–Crippen MR) is 82.0 cm³/mol. The van der Waals surface area contributed by atoms with Crippen molar-refractivity contribution in [1.82, 2.24) is 0 Å². The summed E-state index contributed by atoms with van der Waals surface area (Å²) in [5.41, 5.74) is 2.87. The van der Waals surface area contributed by atoms with E-state index in [9.17, 15) is 4.79 Å². The topological polar surface area (TPSA) is 38.7 Å². The van der Waals surface area contributed by atoms with Crippen LogP contribution in [-0.2, 0) is 9.63 Å². The van der Waals surface area contributed by atoms with Crippen molar-refractivity contribution in [2.24, 2.45) is 11.1 Å². The van der Waals surface area contributed by atoms with E-state index in [2.05, 4.69) is 17.3 Å². The van der Waals surface area contributed by atoms with Gasteiger partial charge >= 0.3 is 5.97 Å². The fourth-order valence-corrected chi connectivity index (χ4v) is 2.44. The third kappa shape index (κ3) is 3.19. The van der Waals surface area contributed by atoms with Gasteiger partial charge in [0, 0.05) is 0 Å². The molecule has 1 fully saturated rings. The molecule has 3 rings (SSSR count). The normalized spacial score (nSPS) is 20.9. The molecule has 1 aliphatic rings.